The average Bonchev–Trinajstić information content (AvgIpc) is 2.85. The van der Waals surface area contributed by atoms with E-state index in [1.807, 2.05) is 17.5 Å². The molecule has 1 aromatic carbocycles. The molecule has 94 valence electrons. The van der Waals surface area contributed by atoms with Crippen LogP contribution in [0.2, 0.25) is 0 Å². The highest BCUT2D eigenvalue weighted by Gasteiger charge is 2.05. The Kier molecular flexibility index (Phi) is 3.94. The molecule has 0 bridgehead atoms. The Hall–Kier alpha value is -1.88. The van der Waals surface area contributed by atoms with Gasteiger partial charge in [-0.15, -0.1) is 11.3 Å². The SMILES string of the molecule is CCc1ccc(-c2csc(NCC(=O)O)n2)cc1. The van der Waals surface area contributed by atoms with Crippen molar-refractivity contribution in [2.75, 3.05) is 11.9 Å². The van der Waals surface area contributed by atoms with Gasteiger partial charge in [0.25, 0.3) is 0 Å². The molecule has 2 rings (SSSR count). The molecule has 0 fully saturated rings. The Labute approximate surface area is 109 Å². The number of hydrogen-bond acceptors (Lipinski definition) is 4. The molecule has 0 aliphatic heterocycles. The Balaban J connectivity index is 2.10. The molecule has 0 radical (unpaired) electrons. The first-order valence-corrected chi connectivity index (χ1v) is 6.57. The Bertz CT molecular complexity index is 534. The standard InChI is InChI=1S/C13H14N2O2S/c1-2-9-3-5-10(6-4-9)11-8-18-13(15-11)14-7-12(16)17/h3-6,8H,2,7H2,1H3,(H,14,15)(H,16,17). The van der Waals surface area contributed by atoms with Gasteiger partial charge in [-0.25, -0.2) is 4.98 Å². The molecule has 0 unspecified atom stereocenters. The number of anilines is 1. The zero-order valence-electron chi connectivity index (χ0n) is 10.0. The predicted molar refractivity (Wildman–Crippen MR) is 73.1 cm³/mol. The number of carboxylic acid groups (broad SMARTS) is 1. The minimum absolute atomic E-state index is 0.109. The quantitative estimate of drug-likeness (QED) is 0.869. The van der Waals surface area contributed by atoms with Crippen LogP contribution in [-0.2, 0) is 11.2 Å². The molecule has 5 heteroatoms. The molecule has 0 saturated carbocycles. The topological polar surface area (TPSA) is 62.2 Å². The normalized spacial score (nSPS) is 10.3. The lowest BCUT2D eigenvalue weighted by Crippen LogP contribution is -2.11. The predicted octanol–water partition coefficient (Wildman–Crippen LogP) is 2.87. The molecule has 0 saturated heterocycles. The van der Waals surface area contributed by atoms with Gasteiger partial charge in [0.05, 0.1) is 5.69 Å². The van der Waals surface area contributed by atoms with E-state index in [2.05, 4.69) is 29.4 Å². The van der Waals surface area contributed by atoms with Crippen LogP contribution < -0.4 is 5.32 Å². The molecule has 0 amide bonds. The highest BCUT2D eigenvalue weighted by molar-refractivity contribution is 7.14. The third-order valence-electron chi connectivity index (χ3n) is 2.55. The van der Waals surface area contributed by atoms with Gasteiger partial charge < -0.3 is 10.4 Å². The maximum Gasteiger partial charge on any atom is 0.322 e. The van der Waals surface area contributed by atoms with E-state index in [0.29, 0.717) is 5.13 Å². The third kappa shape index (κ3) is 3.07. The number of aryl methyl sites for hydroxylation is 1. The molecule has 0 aliphatic carbocycles. The first-order valence-electron chi connectivity index (χ1n) is 5.69. The number of nitrogens with zero attached hydrogens (tertiary/aromatic N) is 1. The smallest absolute Gasteiger partial charge is 0.322 e. The lowest BCUT2D eigenvalue weighted by atomic mass is 10.1. The lowest BCUT2D eigenvalue weighted by molar-refractivity contribution is -0.134. The summed E-state index contributed by atoms with van der Waals surface area (Å²) in [4.78, 5) is 14.8. The van der Waals surface area contributed by atoms with Crippen LogP contribution in [-0.4, -0.2) is 22.6 Å². The number of nitrogens with one attached hydrogen (secondary N) is 1. The van der Waals surface area contributed by atoms with E-state index in [-0.39, 0.29) is 6.54 Å². The van der Waals surface area contributed by atoms with Crippen LogP contribution in [0.4, 0.5) is 5.13 Å². The van der Waals surface area contributed by atoms with Crippen molar-refractivity contribution in [2.24, 2.45) is 0 Å². The van der Waals surface area contributed by atoms with Crippen molar-refractivity contribution in [1.82, 2.24) is 4.98 Å². The second-order valence-corrected chi connectivity index (χ2v) is 4.69. The first kappa shape index (κ1) is 12.6. The van der Waals surface area contributed by atoms with Gasteiger partial charge in [0.15, 0.2) is 5.13 Å². The van der Waals surface area contributed by atoms with E-state index in [4.69, 9.17) is 5.11 Å². The summed E-state index contributed by atoms with van der Waals surface area (Å²) in [7, 11) is 0. The van der Waals surface area contributed by atoms with E-state index in [0.717, 1.165) is 17.7 Å². The van der Waals surface area contributed by atoms with Gasteiger partial charge in [0, 0.05) is 10.9 Å². The number of thiazole rings is 1. The molecule has 1 heterocycles. The third-order valence-corrected chi connectivity index (χ3v) is 3.35. The zero-order valence-corrected chi connectivity index (χ0v) is 10.8. The molecule has 0 atom stereocenters. The van der Waals surface area contributed by atoms with E-state index in [1.165, 1.54) is 16.9 Å². The summed E-state index contributed by atoms with van der Waals surface area (Å²) in [6.07, 6.45) is 1.02. The van der Waals surface area contributed by atoms with Crippen molar-refractivity contribution in [2.45, 2.75) is 13.3 Å². The maximum absolute atomic E-state index is 10.4. The molecule has 2 aromatic rings. The second kappa shape index (κ2) is 5.64. The van der Waals surface area contributed by atoms with Crippen LogP contribution in [0.15, 0.2) is 29.6 Å². The van der Waals surface area contributed by atoms with Crippen molar-refractivity contribution in [3.8, 4) is 11.3 Å². The number of aliphatic carboxylic acids is 1. The number of rotatable bonds is 5. The summed E-state index contributed by atoms with van der Waals surface area (Å²) in [5.74, 6) is -0.890. The zero-order chi connectivity index (χ0) is 13.0. The average molecular weight is 262 g/mol. The van der Waals surface area contributed by atoms with Gasteiger partial charge in [-0.2, -0.15) is 0 Å². The maximum atomic E-state index is 10.4. The molecule has 2 N–H and O–H groups in total. The van der Waals surface area contributed by atoms with Crippen molar-refractivity contribution < 1.29 is 9.90 Å². The Morgan fingerprint density at radius 2 is 2.11 bits per heavy atom. The number of benzene rings is 1. The molecular weight excluding hydrogens is 248 g/mol. The Morgan fingerprint density at radius 1 is 1.39 bits per heavy atom. The summed E-state index contributed by atoms with van der Waals surface area (Å²) in [6.45, 7) is 2.01. The van der Waals surface area contributed by atoms with Crippen LogP contribution in [0.3, 0.4) is 0 Å². The summed E-state index contributed by atoms with van der Waals surface area (Å²) < 4.78 is 0. The van der Waals surface area contributed by atoms with Crippen molar-refractivity contribution in [1.29, 1.82) is 0 Å². The van der Waals surface area contributed by atoms with E-state index in [1.54, 1.807) is 0 Å². The Morgan fingerprint density at radius 3 is 2.72 bits per heavy atom. The lowest BCUT2D eigenvalue weighted by Gasteiger charge is -1.99. The molecular formula is C13H14N2O2S. The van der Waals surface area contributed by atoms with Gasteiger partial charge >= 0.3 is 5.97 Å². The highest BCUT2D eigenvalue weighted by Crippen LogP contribution is 2.25. The van der Waals surface area contributed by atoms with Gasteiger partial charge in [0.2, 0.25) is 0 Å². The molecule has 18 heavy (non-hydrogen) atoms. The van der Waals surface area contributed by atoms with Crippen LogP contribution >= 0.6 is 11.3 Å². The van der Waals surface area contributed by atoms with Crippen molar-refractivity contribution >= 4 is 22.4 Å². The summed E-state index contributed by atoms with van der Waals surface area (Å²) >= 11 is 1.41. The number of carbonyl (C=O) groups is 1. The number of carboxylic acids is 1. The van der Waals surface area contributed by atoms with Crippen molar-refractivity contribution in [3.63, 3.8) is 0 Å². The van der Waals surface area contributed by atoms with Crippen molar-refractivity contribution in [3.05, 3.63) is 35.2 Å². The molecule has 4 nitrogen and oxygen atoms in total. The molecule has 0 spiro atoms. The second-order valence-electron chi connectivity index (χ2n) is 3.84. The van der Waals surface area contributed by atoms with E-state index in [9.17, 15) is 4.79 Å². The number of hydrogen-bond donors (Lipinski definition) is 2. The van der Waals surface area contributed by atoms with E-state index >= 15 is 0 Å². The van der Waals surface area contributed by atoms with Crippen LogP contribution in [0.1, 0.15) is 12.5 Å². The van der Waals surface area contributed by atoms with Crippen LogP contribution in [0.25, 0.3) is 11.3 Å². The fraction of sp³-hybridized carbons (Fsp3) is 0.231. The monoisotopic (exact) mass is 262 g/mol. The number of aromatic nitrogens is 1. The summed E-state index contributed by atoms with van der Waals surface area (Å²) in [6, 6.07) is 8.24. The van der Waals surface area contributed by atoms with Gasteiger partial charge in [-0.05, 0) is 12.0 Å². The summed E-state index contributed by atoms with van der Waals surface area (Å²) in [5, 5.41) is 13.9. The highest BCUT2D eigenvalue weighted by atomic mass is 32.1. The van der Waals surface area contributed by atoms with Gasteiger partial charge in [-0.1, -0.05) is 31.2 Å². The van der Waals surface area contributed by atoms with E-state index < -0.39 is 5.97 Å². The fourth-order valence-corrected chi connectivity index (χ4v) is 2.27. The minimum Gasteiger partial charge on any atom is -0.480 e. The van der Waals surface area contributed by atoms with Crippen LogP contribution in [0.5, 0.6) is 0 Å². The fourth-order valence-electron chi connectivity index (χ4n) is 1.55. The largest absolute Gasteiger partial charge is 0.480 e. The van der Waals surface area contributed by atoms with Gasteiger partial charge in [-0.3, -0.25) is 4.79 Å². The first-order chi connectivity index (χ1) is 8.69. The minimum atomic E-state index is -0.890. The summed E-state index contributed by atoms with van der Waals surface area (Å²) in [5.41, 5.74) is 3.21. The van der Waals surface area contributed by atoms with Crippen LogP contribution in [0, 0.1) is 0 Å². The van der Waals surface area contributed by atoms with Gasteiger partial charge in [0.1, 0.15) is 6.54 Å². The molecule has 1 aromatic heterocycles. The molecule has 0 aliphatic rings.